The summed E-state index contributed by atoms with van der Waals surface area (Å²) in [5, 5.41) is 0. The van der Waals surface area contributed by atoms with Gasteiger partial charge in [-0.05, 0) is 0 Å². The quantitative estimate of drug-likeness (QED) is 0.606. The lowest BCUT2D eigenvalue weighted by Gasteiger charge is -2.13. The molecule has 13 heavy (non-hydrogen) atoms. The Bertz CT molecular complexity index is 179. The van der Waals surface area contributed by atoms with Gasteiger partial charge in [-0.2, -0.15) is 0 Å². The lowest BCUT2D eigenvalue weighted by Crippen LogP contribution is -2.22. The van der Waals surface area contributed by atoms with Gasteiger partial charge in [0, 0.05) is 13.5 Å². The summed E-state index contributed by atoms with van der Waals surface area (Å²) in [6.45, 7) is 7.81. The van der Waals surface area contributed by atoms with Crippen molar-refractivity contribution in [3.05, 3.63) is 25.3 Å². The van der Waals surface area contributed by atoms with Gasteiger partial charge in [0.1, 0.15) is 6.10 Å². The molecule has 3 atom stereocenters. The topological polar surface area (TPSA) is 27.7 Å². The van der Waals surface area contributed by atoms with Gasteiger partial charge in [-0.3, -0.25) is 0 Å². The third kappa shape index (κ3) is 2.66. The predicted molar refractivity (Wildman–Crippen MR) is 50.4 cm³/mol. The maximum atomic E-state index is 5.49. The minimum atomic E-state index is -0.169. The van der Waals surface area contributed by atoms with Gasteiger partial charge >= 0.3 is 0 Å². The molecule has 0 spiro atoms. The smallest absolute Gasteiger partial charge is 0.160 e. The fourth-order valence-corrected chi connectivity index (χ4v) is 1.36. The Hall–Kier alpha value is -0.640. The molecule has 0 aromatic rings. The van der Waals surface area contributed by atoms with Crippen LogP contribution in [0.15, 0.2) is 25.3 Å². The van der Waals surface area contributed by atoms with E-state index in [1.165, 1.54) is 0 Å². The standard InChI is InChI=1S/C10H16O3/c1-4-6-12-9-7-10(11-3)13-8(9)5-2/h4-5,8-10H,1-2,6-7H2,3H3/t8-,9+,10-/m1/s1. The molecule has 1 fully saturated rings. The van der Waals surface area contributed by atoms with Gasteiger partial charge in [0.25, 0.3) is 0 Å². The minimum absolute atomic E-state index is 0.0421. The molecule has 0 aromatic heterocycles. The first-order valence-electron chi connectivity index (χ1n) is 4.35. The van der Waals surface area contributed by atoms with Crippen molar-refractivity contribution in [1.29, 1.82) is 0 Å². The lowest BCUT2D eigenvalue weighted by molar-refractivity contribution is -0.106. The van der Waals surface area contributed by atoms with Crippen LogP contribution in [0.2, 0.25) is 0 Å². The Morgan fingerprint density at radius 1 is 1.54 bits per heavy atom. The maximum absolute atomic E-state index is 5.49. The van der Waals surface area contributed by atoms with Crippen molar-refractivity contribution < 1.29 is 14.2 Å². The highest BCUT2D eigenvalue weighted by atomic mass is 16.7. The van der Waals surface area contributed by atoms with Crippen LogP contribution in [0.25, 0.3) is 0 Å². The third-order valence-corrected chi connectivity index (χ3v) is 2.02. The summed E-state index contributed by atoms with van der Waals surface area (Å²) in [4.78, 5) is 0. The van der Waals surface area contributed by atoms with E-state index in [0.29, 0.717) is 6.61 Å². The van der Waals surface area contributed by atoms with Crippen LogP contribution in [0.3, 0.4) is 0 Å². The van der Waals surface area contributed by atoms with E-state index in [1.807, 2.05) is 0 Å². The molecular formula is C10H16O3. The van der Waals surface area contributed by atoms with Crippen molar-refractivity contribution in [2.45, 2.75) is 24.9 Å². The molecule has 1 heterocycles. The number of hydrogen-bond acceptors (Lipinski definition) is 3. The minimum Gasteiger partial charge on any atom is -0.371 e. The Morgan fingerprint density at radius 2 is 2.31 bits per heavy atom. The van der Waals surface area contributed by atoms with Crippen LogP contribution in [0, 0.1) is 0 Å². The van der Waals surface area contributed by atoms with Crippen LogP contribution < -0.4 is 0 Å². The maximum Gasteiger partial charge on any atom is 0.160 e. The number of methoxy groups -OCH3 is 1. The first-order valence-corrected chi connectivity index (χ1v) is 4.35. The molecule has 74 valence electrons. The predicted octanol–water partition coefficient (Wildman–Crippen LogP) is 1.50. The molecule has 0 saturated carbocycles. The average molecular weight is 184 g/mol. The second-order valence-electron chi connectivity index (χ2n) is 2.90. The van der Waals surface area contributed by atoms with E-state index in [9.17, 15) is 0 Å². The van der Waals surface area contributed by atoms with E-state index in [4.69, 9.17) is 14.2 Å². The summed E-state index contributed by atoms with van der Waals surface area (Å²) in [7, 11) is 1.63. The van der Waals surface area contributed by atoms with Crippen LogP contribution in [0.4, 0.5) is 0 Å². The summed E-state index contributed by atoms with van der Waals surface area (Å²) in [6.07, 6.45) is 4.02. The number of rotatable bonds is 5. The Labute approximate surface area is 79.0 Å². The van der Waals surface area contributed by atoms with Crippen LogP contribution in [-0.4, -0.2) is 32.2 Å². The van der Waals surface area contributed by atoms with Gasteiger partial charge in [-0.1, -0.05) is 12.2 Å². The molecule has 0 N–H and O–H groups in total. The monoisotopic (exact) mass is 184 g/mol. The SMILES string of the molecule is C=CCO[C@H]1C[C@H](OC)O[C@@H]1C=C. The fourth-order valence-electron chi connectivity index (χ4n) is 1.36. The average Bonchev–Trinajstić information content (AvgIpc) is 2.57. The van der Waals surface area contributed by atoms with Gasteiger partial charge in [0.15, 0.2) is 6.29 Å². The van der Waals surface area contributed by atoms with Crippen molar-refractivity contribution in [3.63, 3.8) is 0 Å². The summed E-state index contributed by atoms with van der Waals surface area (Å²) in [6, 6.07) is 0. The largest absolute Gasteiger partial charge is 0.371 e. The van der Waals surface area contributed by atoms with Crippen LogP contribution in [0.1, 0.15) is 6.42 Å². The molecule has 0 unspecified atom stereocenters. The highest BCUT2D eigenvalue weighted by molar-refractivity contribution is 4.92. The van der Waals surface area contributed by atoms with Gasteiger partial charge in [0.2, 0.25) is 0 Å². The molecule has 0 aliphatic carbocycles. The van der Waals surface area contributed by atoms with E-state index in [-0.39, 0.29) is 18.5 Å². The van der Waals surface area contributed by atoms with E-state index in [2.05, 4.69) is 13.2 Å². The fraction of sp³-hybridized carbons (Fsp3) is 0.600. The summed E-state index contributed by atoms with van der Waals surface area (Å²) in [5.41, 5.74) is 0. The van der Waals surface area contributed by atoms with Gasteiger partial charge in [-0.15, -0.1) is 13.2 Å². The second-order valence-corrected chi connectivity index (χ2v) is 2.90. The third-order valence-electron chi connectivity index (χ3n) is 2.02. The Balaban J connectivity index is 2.42. The molecule has 0 amide bonds. The molecule has 3 heteroatoms. The molecule has 0 bridgehead atoms. The second kappa shape index (κ2) is 5.17. The van der Waals surface area contributed by atoms with Gasteiger partial charge in [0.05, 0.1) is 12.7 Å². The molecule has 0 aromatic carbocycles. The van der Waals surface area contributed by atoms with Gasteiger partial charge in [-0.25, -0.2) is 0 Å². The molecule has 3 nitrogen and oxygen atoms in total. The van der Waals surface area contributed by atoms with Gasteiger partial charge < -0.3 is 14.2 Å². The molecular weight excluding hydrogens is 168 g/mol. The Kier molecular flexibility index (Phi) is 4.15. The highest BCUT2D eigenvalue weighted by Crippen LogP contribution is 2.24. The normalized spacial score (nSPS) is 33.2. The summed E-state index contributed by atoms with van der Waals surface area (Å²) < 4.78 is 16.0. The zero-order valence-corrected chi connectivity index (χ0v) is 7.94. The molecule has 0 radical (unpaired) electrons. The molecule has 1 aliphatic rings. The molecule has 1 saturated heterocycles. The Morgan fingerprint density at radius 3 is 2.85 bits per heavy atom. The van der Waals surface area contributed by atoms with E-state index < -0.39 is 0 Å². The highest BCUT2D eigenvalue weighted by Gasteiger charge is 2.33. The number of hydrogen-bond donors (Lipinski definition) is 0. The summed E-state index contributed by atoms with van der Waals surface area (Å²) >= 11 is 0. The van der Waals surface area contributed by atoms with Crippen LogP contribution in [-0.2, 0) is 14.2 Å². The first kappa shape index (κ1) is 10.4. The van der Waals surface area contributed by atoms with Crippen molar-refractivity contribution >= 4 is 0 Å². The summed E-state index contributed by atoms with van der Waals surface area (Å²) in [5.74, 6) is 0. The van der Waals surface area contributed by atoms with E-state index >= 15 is 0 Å². The van der Waals surface area contributed by atoms with Crippen molar-refractivity contribution in [3.8, 4) is 0 Å². The molecule has 1 rings (SSSR count). The van der Waals surface area contributed by atoms with Crippen LogP contribution in [0.5, 0.6) is 0 Å². The lowest BCUT2D eigenvalue weighted by atomic mass is 10.2. The van der Waals surface area contributed by atoms with Crippen molar-refractivity contribution in [2.24, 2.45) is 0 Å². The van der Waals surface area contributed by atoms with E-state index in [1.54, 1.807) is 19.3 Å². The zero-order valence-electron chi connectivity index (χ0n) is 7.94. The zero-order chi connectivity index (χ0) is 9.68. The van der Waals surface area contributed by atoms with Crippen LogP contribution >= 0.6 is 0 Å². The first-order chi connectivity index (χ1) is 6.31. The molecule has 1 aliphatic heterocycles. The number of ether oxygens (including phenoxy) is 3. The van der Waals surface area contributed by atoms with Crippen molar-refractivity contribution in [1.82, 2.24) is 0 Å². The van der Waals surface area contributed by atoms with E-state index in [0.717, 1.165) is 6.42 Å². The van der Waals surface area contributed by atoms with Crippen molar-refractivity contribution in [2.75, 3.05) is 13.7 Å².